The molecule has 0 aromatic heterocycles. The minimum Gasteiger partial charge on any atom is -0.467 e. The third kappa shape index (κ3) is 5.08. The van der Waals surface area contributed by atoms with Gasteiger partial charge in [-0.3, -0.25) is 0 Å². The van der Waals surface area contributed by atoms with Gasteiger partial charge in [0.1, 0.15) is 6.04 Å². The highest BCUT2D eigenvalue weighted by Gasteiger charge is 2.18. The van der Waals surface area contributed by atoms with Crippen molar-refractivity contribution < 1.29 is 9.53 Å². The summed E-state index contributed by atoms with van der Waals surface area (Å²) in [6.07, 6.45) is 4.11. The molecule has 0 amide bonds. The van der Waals surface area contributed by atoms with E-state index in [1.807, 2.05) is 24.3 Å². The van der Waals surface area contributed by atoms with Crippen LogP contribution in [0.25, 0.3) is 0 Å². The van der Waals surface area contributed by atoms with Gasteiger partial charge >= 0.3 is 5.97 Å². The van der Waals surface area contributed by atoms with E-state index in [2.05, 4.69) is 28.2 Å². The Morgan fingerprint density at radius 3 is 2.56 bits per heavy atom. The van der Waals surface area contributed by atoms with E-state index in [9.17, 15) is 4.79 Å². The molecule has 100 valence electrons. The molecule has 1 rings (SSSR count). The first-order valence-electron chi connectivity index (χ1n) is 6.27. The quantitative estimate of drug-likeness (QED) is 0.611. The van der Waals surface area contributed by atoms with Crippen LogP contribution in [0.5, 0.6) is 0 Å². The number of benzene rings is 1. The molecule has 1 atom stereocenters. The lowest BCUT2D eigenvalue weighted by Gasteiger charge is -2.17. The molecule has 0 saturated heterocycles. The number of halogens is 1. The molecule has 1 N–H and O–H groups in total. The molecule has 0 aliphatic rings. The Labute approximate surface area is 117 Å². The topological polar surface area (TPSA) is 38.3 Å². The van der Waals surface area contributed by atoms with Crippen LogP contribution in [0.4, 0.5) is 5.69 Å². The van der Waals surface area contributed by atoms with Crippen molar-refractivity contribution in [2.24, 2.45) is 0 Å². The summed E-state index contributed by atoms with van der Waals surface area (Å²) >= 11 is 3.39. The van der Waals surface area contributed by atoms with Crippen LogP contribution in [0.2, 0.25) is 0 Å². The van der Waals surface area contributed by atoms with Gasteiger partial charge in [-0.1, -0.05) is 42.1 Å². The lowest BCUT2D eigenvalue weighted by molar-refractivity contribution is -0.141. The molecule has 1 aromatic carbocycles. The number of hydrogen-bond acceptors (Lipinski definition) is 3. The molecule has 0 aliphatic heterocycles. The normalized spacial score (nSPS) is 11.9. The monoisotopic (exact) mass is 313 g/mol. The summed E-state index contributed by atoms with van der Waals surface area (Å²) in [5, 5.41) is 3.22. The summed E-state index contributed by atoms with van der Waals surface area (Å²) < 4.78 is 5.85. The predicted octanol–water partition coefficient (Wildman–Crippen LogP) is 3.98. The summed E-state index contributed by atoms with van der Waals surface area (Å²) in [6, 6.07) is 7.52. The Morgan fingerprint density at radius 2 is 2.00 bits per heavy atom. The fourth-order valence-electron chi connectivity index (χ4n) is 1.74. The van der Waals surface area contributed by atoms with E-state index >= 15 is 0 Å². The molecule has 0 aliphatic carbocycles. The van der Waals surface area contributed by atoms with E-state index in [4.69, 9.17) is 4.74 Å². The first-order chi connectivity index (χ1) is 8.67. The molecule has 0 heterocycles. The Morgan fingerprint density at radius 1 is 1.33 bits per heavy atom. The number of rotatable bonds is 7. The number of unbranched alkanes of at least 4 members (excludes halogenated alkanes) is 2. The fraction of sp³-hybridized carbons (Fsp3) is 0.500. The Kier molecular flexibility index (Phi) is 6.80. The molecule has 4 heteroatoms. The second kappa shape index (κ2) is 8.14. The second-order valence-electron chi connectivity index (χ2n) is 4.22. The average molecular weight is 314 g/mol. The van der Waals surface area contributed by atoms with Crippen LogP contribution in [0.3, 0.4) is 0 Å². The molecule has 0 radical (unpaired) electrons. The number of nitrogens with one attached hydrogen (secondary N) is 1. The smallest absolute Gasteiger partial charge is 0.328 e. The highest BCUT2D eigenvalue weighted by atomic mass is 79.9. The number of carbonyl (C=O) groups is 1. The van der Waals surface area contributed by atoms with Gasteiger partial charge < -0.3 is 10.1 Å². The van der Waals surface area contributed by atoms with Crippen LogP contribution >= 0.6 is 15.9 Å². The van der Waals surface area contributed by atoms with Crippen LogP contribution in [0.15, 0.2) is 28.7 Å². The van der Waals surface area contributed by atoms with Crippen molar-refractivity contribution in [1.82, 2.24) is 0 Å². The van der Waals surface area contributed by atoms with Crippen molar-refractivity contribution in [2.75, 3.05) is 12.4 Å². The van der Waals surface area contributed by atoms with Crippen molar-refractivity contribution in [2.45, 2.75) is 38.6 Å². The molecule has 3 nitrogen and oxygen atoms in total. The van der Waals surface area contributed by atoms with Gasteiger partial charge in [0, 0.05) is 10.2 Å². The standard InChI is InChI=1S/C14H20BrNO2/c1-3-4-5-6-13(14(17)18-2)16-12-9-7-11(15)8-10-12/h7-10,13,16H,3-6H2,1-2H3. The average Bonchev–Trinajstić information content (AvgIpc) is 2.39. The summed E-state index contributed by atoms with van der Waals surface area (Å²) in [6.45, 7) is 2.15. The van der Waals surface area contributed by atoms with Crippen molar-refractivity contribution in [3.63, 3.8) is 0 Å². The molecule has 0 saturated carbocycles. The minimum absolute atomic E-state index is 0.200. The highest BCUT2D eigenvalue weighted by Crippen LogP contribution is 2.17. The van der Waals surface area contributed by atoms with E-state index in [0.717, 1.165) is 35.8 Å². The molecular weight excluding hydrogens is 294 g/mol. The lowest BCUT2D eigenvalue weighted by Crippen LogP contribution is -2.30. The molecular formula is C14H20BrNO2. The largest absolute Gasteiger partial charge is 0.467 e. The van der Waals surface area contributed by atoms with E-state index in [-0.39, 0.29) is 12.0 Å². The molecule has 1 aromatic rings. The van der Waals surface area contributed by atoms with Gasteiger partial charge in [0.2, 0.25) is 0 Å². The predicted molar refractivity (Wildman–Crippen MR) is 77.7 cm³/mol. The van der Waals surface area contributed by atoms with E-state index < -0.39 is 0 Å². The summed E-state index contributed by atoms with van der Waals surface area (Å²) in [4.78, 5) is 11.7. The van der Waals surface area contributed by atoms with Gasteiger partial charge in [0.15, 0.2) is 0 Å². The summed E-state index contributed by atoms with van der Waals surface area (Å²) in [5.74, 6) is -0.200. The van der Waals surface area contributed by atoms with Crippen molar-refractivity contribution in [1.29, 1.82) is 0 Å². The highest BCUT2D eigenvalue weighted by molar-refractivity contribution is 9.10. The van der Waals surface area contributed by atoms with Crippen molar-refractivity contribution in [3.8, 4) is 0 Å². The SMILES string of the molecule is CCCCCC(Nc1ccc(Br)cc1)C(=O)OC. The van der Waals surface area contributed by atoms with E-state index in [1.54, 1.807) is 0 Å². The number of esters is 1. The molecule has 1 unspecified atom stereocenters. The number of carbonyl (C=O) groups excluding carboxylic acids is 1. The third-order valence-corrected chi connectivity index (χ3v) is 3.30. The molecule has 0 fully saturated rings. The number of ether oxygens (including phenoxy) is 1. The van der Waals surface area contributed by atoms with Crippen LogP contribution < -0.4 is 5.32 Å². The van der Waals surface area contributed by atoms with Gasteiger partial charge in [0.05, 0.1) is 7.11 Å². The maximum atomic E-state index is 11.7. The zero-order valence-electron chi connectivity index (χ0n) is 10.9. The summed E-state index contributed by atoms with van der Waals surface area (Å²) in [5.41, 5.74) is 0.935. The second-order valence-corrected chi connectivity index (χ2v) is 5.14. The minimum atomic E-state index is -0.261. The van der Waals surface area contributed by atoms with Crippen LogP contribution in [-0.4, -0.2) is 19.1 Å². The third-order valence-electron chi connectivity index (χ3n) is 2.77. The first-order valence-corrected chi connectivity index (χ1v) is 7.06. The molecule has 0 bridgehead atoms. The number of methoxy groups -OCH3 is 1. The number of hydrogen-bond donors (Lipinski definition) is 1. The fourth-order valence-corrected chi connectivity index (χ4v) is 2.00. The van der Waals surface area contributed by atoms with Gasteiger partial charge in [-0.25, -0.2) is 4.79 Å². The Bertz CT molecular complexity index is 365. The van der Waals surface area contributed by atoms with Gasteiger partial charge in [-0.15, -0.1) is 0 Å². The van der Waals surface area contributed by atoms with Crippen LogP contribution in [0.1, 0.15) is 32.6 Å². The Balaban J connectivity index is 2.59. The van der Waals surface area contributed by atoms with Crippen molar-refractivity contribution >= 4 is 27.6 Å². The van der Waals surface area contributed by atoms with Gasteiger partial charge in [0.25, 0.3) is 0 Å². The first kappa shape index (κ1) is 15.0. The summed E-state index contributed by atoms with van der Waals surface area (Å²) in [7, 11) is 1.43. The zero-order chi connectivity index (χ0) is 13.4. The van der Waals surface area contributed by atoms with Gasteiger partial charge in [-0.05, 0) is 30.7 Å². The maximum Gasteiger partial charge on any atom is 0.328 e. The van der Waals surface area contributed by atoms with E-state index in [1.165, 1.54) is 7.11 Å². The van der Waals surface area contributed by atoms with E-state index in [0.29, 0.717) is 0 Å². The molecule has 0 spiro atoms. The van der Waals surface area contributed by atoms with Crippen LogP contribution in [0, 0.1) is 0 Å². The lowest BCUT2D eigenvalue weighted by atomic mass is 10.1. The van der Waals surface area contributed by atoms with Crippen molar-refractivity contribution in [3.05, 3.63) is 28.7 Å². The number of anilines is 1. The van der Waals surface area contributed by atoms with Crippen LogP contribution in [-0.2, 0) is 9.53 Å². The zero-order valence-corrected chi connectivity index (χ0v) is 12.5. The molecule has 18 heavy (non-hydrogen) atoms. The maximum absolute atomic E-state index is 11.7. The van der Waals surface area contributed by atoms with Gasteiger partial charge in [-0.2, -0.15) is 0 Å². The Hall–Kier alpha value is -1.03.